The van der Waals surface area contributed by atoms with Gasteiger partial charge in [-0.25, -0.2) is 0 Å². The van der Waals surface area contributed by atoms with Crippen molar-refractivity contribution in [2.45, 2.75) is 58.7 Å². The third kappa shape index (κ3) is 5.70. The third-order valence-corrected chi connectivity index (χ3v) is 3.82. The molecule has 0 aliphatic carbocycles. The van der Waals surface area contributed by atoms with Gasteiger partial charge in [-0.15, -0.1) is 0 Å². The molecule has 1 N–H and O–H groups in total. The van der Waals surface area contributed by atoms with Gasteiger partial charge in [-0.2, -0.15) is 13.2 Å². The second-order valence-electron chi connectivity index (χ2n) is 6.06. The van der Waals surface area contributed by atoms with E-state index < -0.39 is 11.7 Å². The fraction of sp³-hybridized carbons (Fsp3) is 0.647. The van der Waals surface area contributed by atoms with Crippen molar-refractivity contribution in [1.82, 2.24) is 5.32 Å². The minimum atomic E-state index is -4.28. The monoisotopic (exact) mass is 301 g/mol. The number of hydrogen-bond donors (Lipinski definition) is 1. The molecule has 1 nitrogen and oxygen atoms in total. The molecule has 4 heteroatoms. The van der Waals surface area contributed by atoms with Crippen LogP contribution in [0.1, 0.15) is 57.6 Å². The van der Waals surface area contributed by atoms with Crippen molar-refractivity contribution in [3.8, 4) is 0 Å². The molecule has 0 amide bonds. The Balaban J connectivity index is 3.01. The average Bonchev–Trinajstić information content (AvgIpc) is 2.38. The van der Waals surface area contributed by atoms with Gasteiger partial charge in [-0.05, 0) is 23.5 Å². The van der Waals surface area contributed by atoms with Gasteiger partial charge in [0, 0.05) is 12.6 Å². The Hall–Kier alpha value is -1.03. The Bertz CT molecular complexity index is 426. The molecule has 0 bridgehead atoms. The summed E-state index contributed by atoms with van der Waals surface area (Å²) in [5, 5.41) is 3.36. The van der Waals surface area contributed by atoms with E-state index in [2.05, 4.69) is 19.2 Å². The SMILES string of the molecule is CCCC(C)C(CNC(C)C)c1cccc(C(F)(F)F)c1. The maximum Gasteiger partial charge on any atom is 0.416 e. The minimum Gasteiger partial charge on any atom is -0.314 e. The van der Waals surface area contributed by atoms with E-state index in [1.54, 1.807) is 0 Å². The summed E-state index contributed by atoms with van der Waals surface area (Å²) < 4.78 is 38.6. The first-order valence-electron chi connectivity index (χ1n) is 7.66. The zero-order chi connectivity index (χ0) is 16.0. The van der Waals surface area contributed by atoms with Crippen molar-refractivity contribution in [3.05, 3.63) is 35.4 Å². The van der Waals surface area contributed by atoms with E-state index in [1.807, 2.05) is 19.9 Å². The first kappa shape index (κ1) is 18.0. The van der Waals surface area contributed by atoms with E-state index in [9.17, 15) is 13.2 Å². The number of rotatable bonds is 7. The molecule has 0 saturated carbocycles. The van der Waals surface area contributed by atoms with Crippen LogP contribution in [-0.4, -0.2) is 12.6 Å². The smallest absolute Gasteiger partial charge is 0.314 e. The number of benzene rings is 1. The Labute approximate surface area is 125 Å². The average molecular weight is 301 g/mol. The van der Waals surface area contributed by atoms with E-state index in [0.717, 1.165) is 24.5 Å². The van der Waals surface area contributed by atoms with Crippen LogP contribution in [0, 0.1) is 5.92 Å². The fourth-order valence-electron chi connectivity index (χ4n) is 2.61. The predicted octanol–water partition coefficient (Wildman–Crippen LogP) is 5.22. The molecule has 0 aliphatic heterocycles. The molecule has 1 rings (SSSR count). The minimum absolute atomic E-state index is 0.106. The van der Waals surface area contributed by atoms with Crippen LogP contribution in [0.2, 0.25) is 0 Å². The molecule has 0 aliphatic rings. The summed E-state index contributed by atoms with van der Waals surface area (Å²) >= 11 is 0. The Morgan fingerprint density at radius 1 is 1.14 bits per heavy atom. The molecule has 21 heavy (non-hydrogen) atoms. The van der Waals surface area contributed by atoms with Crippen LogP contribution in [0.3, 0.4) is 0 Å². The van der Waals surface area contributed by atoms with E-state index in [4.69, 9.17) is 0 Å². The summed E-state index contributed by atoms with van der Waals surface area (Å²) in [6.07, 6.45) is -2.22. The van der Waals surface area contributed by atoms with Crippen molar-refractivity contribution < 1.29 is 13.2 Å². The van der Waals surface area contributed by atoms with Crippen molar-refractivity contribution in [2.24, 2.45) is 5.92 Å². The van der Waals surface area contributed by atoms with Crippen LogP contribution in [0.5, 0.6) is 0 Å². The number of halogens is 3. The largest absolute Gasteiger partial charge is 0.416 e. The number of alkyl halides is 3. The van der Waals surface area contributed by atoms with E-state index in [1.165, 1.54) is 12.1 Å². The van der Waals surface area contributed by atoms with Gasteiger partial charge < -0.3 is 5.32 Å². The standard InChI is InChI=1S/C17H26F3N/c1-5-7-13(4)16(11-21-12(2)3)14-8-6-9-15(10-14)17(18,19)20/h6,8-10,12-13,16,21H,5,7,11H2,1-4H3. The van der Waals surface area contributed by atoms with Crippen LogP contribution in [0.25, 0.3) is 0 Å². The van der Waals surface area contributed by atoms with Gasteiger partial charge in [0.25, 0.3) is 0 Å². The summed E-state index contributed by atoms with van der Waals surface area (Å²) in [4.78, 5) is 0. The van der Waals surface area contributed by atoms with Gasteiger partial charge in [-0.1, -0.05) is 58.7 Å². The molecule has 2 unspecified atom stereocenters. The molecular weight excluding hydrogens is 275 g/mol. The van der Waals surface area contributed by atoms with Crippen molar-refractivity contribution in [1.29, 1.82) is 0 Å². The van der Waals surface area contributed by atoms with Gasteiger partial charge in [0.2, 0.25) is 0 Å². The van der Waals surface area contributed by atoms with Crippen LogP contribution in [-0.2, 0) is 6.18 Å². The highest BCUT2D eigenvalue weighted by Crippen LogP contribution is 2.33. The van der Waals surface area contributed by atoms with Gasteiger partial charge >= 0.3 is 6.18 Å². The first-order chi connectivity index (χ1) is 9.75. The van der Waals surface area contributed by atoms with Gasteiger partial charge in [0.1, 0.15) is 0 Å². The van der Waals surface area contributed by atoms with Gasteiger partial charge in [-0.3, -0.25) is 0 Å². The summed E-state index contributed by atoms with van der Waals surface area (Å²) in [7, 11) is 0. The lowest BCUT2D eigenvalue weighted by atomic mass is 9.83. The molecule has 0 saturated heterocycles. The molecular formula is C17H26F3N. The molecule has 1 aromatic rings. The summed E-state index contributed by atoms with van der Waals surface area (Å²) in [5.41, 5.74) is 0.220. The van der Waals surface area contributed by atoms with Gasteiger partial charge in [0.05, 0.1) is 5.56 Å². The molecule has 120 valence electrons. The van der Waals surface area contributed by atoms with Crippen LogP contribution in [0.4, 0.5) is 13.2 Å². The topological polar surface area (TPSA) is 12.0 Å². The predicted molar refractivity (Wildman–Crippen MR) is 81.4 cm³/mol. The maximum atomic E-state index is 12.9. The highest BCUT2D eigenvalue weighted by Gasteiger charge is 2.31. The highest BCUT2D eigenvalue weighted by molar-refractivity contribution is 5.29. The molecule has 0 radical (unpaired) electrons. The summed E-state index contributed by atoms with van der Waals surface area (Å²) in [6, 6.07) is 6.10. The quantitative estimate of drug-likeness (QED) is 0.727. The lowest BCUT2D eigenvalue weighted by Gasteiger charge is -2.26. The zero-order valence-electron chi connectivity index (χ0n) is 13.3. The molecule has 0 spiro atoms. The Morgan fingerprint density at radius 3 is 2.33 bits per heavy atom. The zero-order valence-corrected chi connectivity index (χ0v) is 13.3. The van der Waals surface area contributed by atoms with E-state index in [-0.39, 0.29) is 5.92 Å². The van der Waals surface area contributed by atoms with Gasteiger partial charge in [0.15, 0.2) is 0 Å². The Morgan fingerprint density at radius 2 is 1.81 bits per heavy atom. The second kappa shape index (κ2) is 7.83. The molecule has 2 atom stereocenters. The normalized spacial score (nSPS) is 15.2. The Kier molecular flexibility index (Phi) is 6.72. The van der Waals surface area contributed by atoms with Crippen LogP contribution < -0.4 is 5.32 Å². The lowest BCUT2D eigenvalue weighted by Crippen LogP contribution is -2.30. The van der Waals surface area contributed by atoms with Crippen LogP contribution in [0.15, 0.2) is 24.3 Å². The van der Waals surface area contributed by atoms with E-state index in [0.29, 0.717) is 18.5 Å². The van der Waals surface area contributed by atoms with Crippen molar-refractivity contribution >= 4 is 0 Å². The maximum absolute atomic E-state index is 12.9. The lowest BCUT2D eigenvalue weighted by molar-refractivity contribution is -0.137. The summed E-state index contributed by atoms with van der Waals surface area (Å²) in [6.45, 7) is 9.04. The number of hydrogen-bond acceptors (Lipinski definition) is 1. The second-order valence-corrected chi connectivity index (χ2v) is 6.06. The highest BCUT2D eigenvalue weighted by atomic mass is 19.4. The fourth-order valence-corrected chi connectivity index (χ4v) is 2.61. The molecule has 1 aromatic carbocycles. The molecule has 0 fully saturated rings. The summed E-state index contributed by atoms with van der Waals surface area (Å²) in [5.74, 6) is 0.458. The molecule has 0 heterocycles. The van der Waals surface area contributed by atoms with Crippen molar-refractivity contribution in [3.63, 3.8) is 0 Å². The van der Waals surface area contributed by atoms with Crippen LogP contribution >= 0.6 is 0 Å². The number of nitrogens with one attached hydrogen (secondary N) is 1. The first-order valence-corrected chi connectivity index (χ1v) is 7.66. The molecule has 0 aromatic heterocycles. The third-order valence-electron chi connectivity index (χ3n) is 3.82. The van der Waals surface area contributed by atoms with Crippen molar-refractivity contribution in [2.75, 3.05) is 6.54 Å². The van der Waals surface area contributed by atoms with E-state index >= 15 is 0 Å².